The molecule has 2 atom stereocenters. The number of benzene rings is 1. The zero-order valence-electron chi connectivity index (χ0n) is 15.9. The normalized spacial score (nSPS) is 21.7. The van der Waals surface area contributed by atoms with Gasteiger partial charge in [-0.1, -0.05) is 30.5 Å². The summed E-state index contributed by atoms with van der Waals surface area (Å²) in [5, 5.41) is 9.23. The van der Waals surface area contributed by atoms with Gasteiger partial charge in [-0.25, -0.2) is 26.7 Å². The zero-order chi connectivity index (χ0) is 21.8. The second kappa shape index (κ2) is 9.09. The van der Waals surface area contributed by atoms with Crippen molar-refractivity contribution in [2.45, 2.75) is 10.8 Å². The van der Waals surface area contributed by atoms with Crippen molar-refractivity contribution in [1.82, 2.24) is 14.9 Å². The van der Waals surface area contributed by atoms with Crippen molar-refractivity contribution in [3.63, 3.8) is 0 Å². The molecule has 8 nitrogen and oxygen atoms in total. The summed E-state index contributed by atoms with van der Waals surface area (Å²) in [6.45, 7) is 2.70. The first kappa shape index (κ1) is 23.1. The monoisotopic (exact) mass is 448 g/mol. The quantitative estimate of drug-likeness (QED) is 0.346. The fraction of sp³-hybridized carbons (Fsp3) is 0.412. The van der Waals surface area contributed by atoms with Gasteiger partial charge in [0.1, 0.15) is 29.0 Å². The van der Waals surface area contributed by atoms with Crippen LogP contribution in [0.15, 0.2) is 30.9 Å². The Bertz CT molecular complexity index is 913. The van der Waals surface area contributed by atoms with E-state index in [4.69, 9.17) is 10.1 Å². The third-order valence-electron chi connectivity index (χ3n) is 4.57. The number of ether oxygens (including phenoxy) is 1. The lowest BCUT2D eigenvalue weighted by Gasteiger charge is -2.36. The zero-order valence-corrected chi connectivity index (χ0v) is 17.5. The van der Waals surface area contributed by atoms with Crippen LogP contribution in [0.25, 0.3) is 0 Å². The van der Waals surface area contributed by atoms with Crippen molar-refractivity contribution in [2.24, 2.45) is 0 Å². The van der Waals surface area contributed by atoms with Gasteiger partial charge in [-0.3, -0.25) is 5.41 Å². The molecule has 12 heteroatoms. The van der Waals surface area contributed by atoms with Gasteiger partial charge in [-0.05, 0) is 19.4 Å². The van der Waals surface area contributed by atoms with Crippen LogP contribution in [0.3, 0.4) is 0 Å². The van der Waals surface area contributed by atoms with Crippen LogP contribution in [0, 0.1) is 17.0 Å². The van der Waals surface area contributed by atoms with Gasteiger partial charge in [0.15, 0.2) is 5.17 Å². The number of likely N-dealkylation sites (tertiary alicyclic amines) is 1. The SMILES string of the molecule is C=CCOC(=O)N1CC(S(=O)(=O)NC)C(NC(=N)SC)(c2ccc(F)cc2F)C1. The van der Waals surface area contributed by atoms with Crippen molar-refractivity contribution in [2.75, 3.05) is 33.0 Å². The first-order valence-electron chi connectivity index (χ1n) is 8.42. The Labute approximate surface area is 172 Å². The molecule has 1 aromatic carbocycles. The molecule has 0 aliphatic carbocycles. The summed E-state index contributed by atoms with van der Waals surface area (Å²) in [5.74, 6) is -1.83. The summed E-state index contributed by atoms with van der Waals surface area (Å²) in [5.41, 5.74) is -1.92. The van der Waals surface area contributed by atoms with Crippen molar-refractivity contribution in [3.8, 4) is 0 Å². The number of hydrogen-bond donors (Lipinski definition) is 3. The summed E-state index contributed by atoms with van der Waals surface area (Å²) in [6.07, 6.45) is 2.11. The standard InChI is InChI=1S/C17H22F2N4O4S2/c1-4-7-27-16(24)23-9-14(29(25,26)21-2)17(10-23,22-15(20)28-3)12-6-5-11(18)8-13(12)19/h4-6,8,14,21H,1,7,9-10H2,2-3H3,(H2,20,22). The molecule has 0 radical (unpaired) electrons. The third kappa shape index (κ3) is 4.70. The molecule has 3 N–H and O–H groups in total. The lowest BCUT2D eigenvalue weighted by Crippen LogP contribution is -2.57. The predicted octanol–water partition coefficient (Wildman–Crippen LogP) is 1.60. The topological polar surface area (TPSA) is 112 Å². The van der Waals surface area contributed by atoms with Crippen LogP contribution in [-0.4, -0.2) is 62.8 Å². The minimum atomic E-state index is -4.07. The number of nitrogens with zero attached hydrogens (tertiary/aromatic N) is 1. The molecule has 1 aromatic rings. The van der Waals surface area contributed by atoms with Crippen LogP contribution >= 0.6 is 11.8 Å². The number of amides is 1. The van der Waals surface area contributed by atoms with Gasteiger partial charge in [0.2, 0.25) is 10.0 Å². The first-order chi connectivity index (χ1) is 13.6. The molecule has 1 amide bonds. The van der Waals surface area contributed by atoms with Gasteiger partial charge >= 0.3 is 6.09 Å². The molecular formula is C17H22F2N4O4S2. The average Bonchev–Trinajstić information content (AvgIpc) is 3.06. The van der Waals surface area contributed by atoms with Gasteiger partial charge < -0.3 is 15.0 Å². The number of amidine groups is 1. The molecular weight excluding hydrogens is 426 g/mol. The van der Waals surface area contributed by atoms with Gasteiger partial charge in [-0.15, -0.1) is 0 Å². The summed E-state index contributed by atoms with van der Waals surface area (Å²) in [7, 11) is -2.88. The number of halogens is 2. The molecule has 0 bridgehead atoms. The first-order valence-corrected chi connectivity index (χ1v) is 11.2. The van der Waals surface area contributed by atoms with Crippen LogP contribution in [0.1, 0.15) is 5.56 Å². The smallest absolute Gasteiger partial charge is 0.410 e. The van der Waals surface area contributed by atoms with Crippen LogP contribution in [-0.2, 0) is 20.3 Å². The summed E-state index contributed by atoms with van der Waals surface area (Å²) >= 11 is 0.970. The van der Waals surface area contributed by atoms with Gasteiger partial charge in [-0.2, -0.15) is 0 Å². The van der Waals surface area contributed by atoms with E-state index in [0.29, 0.717) is 6.07 Å². The largest absolute Gasteiger partial charge is 0.445 e. The number of rotatable bonds is 6. The van der Waals surface area contributed by atoms with E-state index in [1.54, 1.807) is 6.26 Å². The van der Waals surface area contributed by atoms with Gasteiger partial charge in [0, 0.05) is 18.2 Å². The Balaban J connectivity index is 2.66. The molecule has 1 heterocycles. The molecule has 0 spiro atoms. The highest BCUT2D eigenvalue weighted by Crippen LogP contribution is 2.38. The number of nitrogens with one attached hydrogen (secondary N) is 3. The van der Waals surface area contributed by atoms with E-state index in [9.17, 15) is 22.0 Å². The summed E-state index contributed by atoms with van der Waals surface area (Å²) in [4.78, 5) is 13.5. The van der Waals surface area contributed by atoms with Crippen LogP contribution in [0.4, 0.5) is 13.6 Å². The Morgan fingerprint density at radius 2 is 2.21 bits per heavy atom. The highest BCUT2D eigenvalue weighted by molar-refractivity contribution is 8.13. The Kier molecular flexibility index (Phi) is 7.25. The van der Waals surface area contributed by atoms with E-state index in [1.807, 2.05) is 0 Å². The van der Waals surface area contributed by atoms with E-state index in [2.05, 4.69) is 16.6 Å². The van der Waals surface area contributed by atoms with E-state index in [1.165, 1.54) is 13.1 Å². The fourth-order valence-electron chi connectivity index (χ4n) is 3.24. The lowest BCUT2D eigenvalue weighted by atomic mass is 9.88. The highest BCUT2D eigenvalue weighted by atomic mass is 32.2. The minimum absolute atomic E-state index is 0.0925. The van der Waals surface area contributed by atoms with Crippen LogP contribution in [0.2, 0.25) is 0 Å². The average molecular weight is 449 g/mol. The number of carbonyl (C=O) groups is 1. The minimum Gasteiger partial charge on any atom is -0.445 e. The van der Waals surface area contributed by atoms with Gasteiger partial charge in [0.05, 0.1) is 6.54 Å². The maximum Gasteiger partial charge on any atom is 0.410 e. The molecule has 0 saturated carbocycles. The van der Waals surface area contributed by atoms with Crippen molar-refractivity contribution in [1.29, 1.82) is 5.41 Å². The third-order valence-corrected chi connectivity index (χ3v) is 6.95. The highest BCUT2D eigenvalue weighted by Gasteiger charge is 2.56. The maximum atomic E-state index is 14.8. The van der Waals surface area contributed by atoms with E-state index in [-0.39, 0.29) is 30.4 Å². The number of hydrogen-bond acceptors (Lipinski definition) is 6. The van der Waals surface area contributed by atoms with Crippen LogP contribution < -0.4 is 10.0 Å². The Morgan fingerprint density at radius 3 is 2.76 bits per heavy atom. The second-order valence-corrected chi connectivity index (χ2v) is 9.12. The van der Waals surface area contributed by atoms with E-state index >= 15 is 0 Å². The van der Waals surface area contributed by atoms with E-state index < -0.39 is 38.5 Å². The lowest BCUT2D eigenvalue weighted by molar-refractivity contribution is 0.118. The molecule has 1 saturated heterocycles. The van der Waals surface area contributed by atoms with Crippen molar-refractivity contribution < 1.29 is 26.7 Å². The molecule has 2 unspecified atom stereocenters. The predicted molar refractivity (Wildman–Crippen MR) is 107 cm³/mol. The van der Waals surface area contributed by atoms with E-state index in [0.717, 1.165) is 28.8 Å². The van der Waals surface area contributed by atoms with Gasteiger partial charge in [0.25, 0.3) is 0 Å². The van der Waals surface area contributed by atoms with Crippen molar-refractivity contribution >= 4 is 33.0 Å². The summed E-state index contributed by atoms with van der Waals surface area (Å²) in [6, 6.07) is 2.73. The number of sulfonamides is 1. The van der Waals surface area contributed by atoms with Crippen LogP contribution in [0.5, 0.6) is 0 Å². The summed E-state index contributed by atoms with van der Waals surface area (Å²) < 4.78 is 61.1. The molecule has 0 aromatic heterocycles. The molecule has 1 aliphatic rings. The fourth-order valence-corrected chi connectivity index (χ4v) is 4.98. The molecule has 2 rings (SSSR count). The number of carbonyl (C=O) groups excluding carboxylic acids is 1. The molecule has 1 fully saturated rings. The number of thioether (sulfide) groups is 1. The maximum absolute atomic E-state index is 14.8. The Hall–Kier alpha value is -2.18. The molecule has 160 valence electrons. The van der Waals surface area contributed by atoms with Crippen molar-refractivity contribution in [3.05, 3.63) is 48.1 Å². The molecule has 1 aliphatic heterocycles. The second-order valence-electron chi connectivity index (χ2n) is 6.24. The Morgan fingerprint density at radius 1 is 1.52 bits per heavy atom. The molecule has 29 heavy (non-hydrogen) atoms.